The van der Waals surface area contributed by atoms with Crippen molar-refractivity contribution in [3.05, 3.63) is 36.0 Å². The molecule has 0 radical (unpaired) electrons. The molecule has 1 unspecified atom stereocenters. The van der Waals surface area contributed by atoms with Gasteiger partial charge >= 0.3 is 0 Å². The fraction of sp³-hybridized carbons (Fsp3) is 0.333. The fourth-order valence-electron chi connectivity index (χ4n) is 1.71. The van der Waals surface area contributed by atoms with Gasteiger partial charge in [0.05, 0.1) is 12.1 Å². The third-order valence-electron chi connectivity index (χ3n) is 2.88. The van der Waals surface area contributed by atoms with Crippen molar-refractivity contribution in [2.75, 3.05) is 6.61 Å². The minimum Gasteiger partial charge on any atom is -0.394 e. The number of nitrogens with two attached hydrogens (primary N) is 1. The monoisotopic (exact) mass is 204 g/mol. The third-order valence-corrected chi connectivity index (χ3v) is 2.88. The van der Waals surface area contributed by atoms with E-state index < -0.39 is 5.54 Å². The lowest BCUT2D eigenvalue weighted by atomic mass is 9.93. The molecule has 1 aromatic carbocycles. The maximum atomic E-state index is 9.21. The van der Waals surface area contributed by atoms with Crippen LogP contribution in [0.15, 0.2) is 30.5 Å². The Balaban J connectivity index is 2.59. The molecule has 1 aromatic heterocycles. The van der Waals surface area contributed by atoms with Crippen molar-refractivity contribution in [3.63, 3.8) is 0 Å². The number of fused-ring (bicyclic) bond motifs is 1. The molecule has 1 heterocycles. The van der Waals surface area contributed by atoms with Gasteiger partial charge in [0.25, 0.3) is 0 Å². The van der Waals surface area contributed by atoms with Crippen LogP contribution >= 0.6 is 0 Å². The number of hydrogen-bond donors (Lipinski definition) is 2. The lowest BCUT2D eigenvalue weighted by Gasteiger charge is -2.22. The Morgan fingerprint density at radius 3 is 2.80 bits per heavy atom. The van der Waals surface area contributed by atoms with Gasteiger partial charge in [-0.2, -0.15) is 0 Å². The number of rotatable bonds is 2. The first kappa shape index (κ1) is 10.2. The van der Waals surface area contributed by atoms with Crippen LogP contribution in [0.25, 0.3) is 10.9 Å². The summed E-state index contributed by atoms with van der Waals surface area (Å²) in [6.45, 7) is 1.78. The molecule has 80 valence electrons. The molecule has 2 rings (SSSR count). The van der Waals surface area contributed by atoms with E-state index in [9.17, 15) is 5.11 Å². The van der Waals surface area contributed by atoms with Gasteiger partial charge in [-0.3, -0.25) is 0 Å². The van der Waals surface area contributed by atoms with Crippen molar-refractivity contribution >= 4 is 10.9 Å². The van der Waals surface area contributed by atoms with Crippen molar-refractivity contribution in [3.8, 4) is 0 Å². The molecule has 0 aliphatic rings. The van der Waals surface area contributed by atoms with E-state index in [-0.39, 0.29) is 6.61 Å². The van der Waals surface area contributed by atoms with Crippen LogP contribution in [0, 0.1) is 0 Å². The van der Waals surface area contributed by atoms with E-state index >= 15 is 0 Å². The number of benzene rings is 1. The molecular weight excluding hydrogens is 188 g/mol. The molecule has 3 N–H and O–H groups in total. The fourth-order valence-corrected chi connectivity index (χ4v) is 1.71. The number of aliphatic hydroxyl groups is 1. The van der Waals surface area contributed by atoms with Gasteiger partial charge in [0.2, 0.25) is 0 Å². The molecule has 0 bridgehead atoms. The van der Waals surface area contributed by atoms with Crippen molar-refractivity contribution < 1.29 is 5.11 Å². The van der Waals surface area contributed by atoms with Crippen LogP contribution in [-0.2, 0) is 12.6 Å². The summed E-state index contributed by atoms with van der Waals surface area (Å²) in [6, 6.07) is 8.10. The number of nitrogens with zero attached hydrogens (tertiary/aromatic N) is 1. The first-order chi connectivity index (χ1) is 7.04. The lowest BCUT2D eigenvalue weighted by Crippen LogP contribution is -2.36. The Bertz CT molecular complexity index is 485. The molecule has 0 saturated heterocycles. The zero-order chi connectivity index (χ0) is 11.1. The first-order valence-electron chi connectivity index (χ1n) is 5.00. The number of hydrogen-bond acceptors (Lipinski definition) is 2. The van der Waals surface area contributed by atoms with E-state index in [0.29, 0.717) is 0 Å². The average Bonchev–Trinajstić information content (AvgIpc) is 2.60. The summed E-state index contributed by atoms with van der Waals surface area (Å²) in [5.41, 5.74) is 7.41. The predicted octanol–water partition coefficient (Wildman–Crippen LogP) is 1.34. The topological polar surface area (TPSA) is 51.2 Å². The molecule has 15 heavy (non-hydrogen) atoms. The minimum atomic E-state index is -0.668. The van der Waals surface area contributed by atoms with E-state index in [1.165, 1.54) is 5.39 Å². The maximum absolute atomic E-state index is 9.21. The highest BCUT2D eigenvalue weighted by Crippen LogP contribution is 2.23. The van der Waals surface area contributed by atoms with Gasteiger partial charge in [0.1, 0.15) is 0 Å². The van der Waals surface area contributed by atoms with E-state index in [0.717, 1.165) is 11.1 Å². The van der Waals surface area contributed by atoms with Gasteiger partial charge < -0.3 is 15.4 Å². The number of aryl methyl sites for hydroxylation is 1. The van der Waals surface area contributed by atoms with Crippen molar-refractivity contribution in [2.24, 2.45) is 12.8 Å². The Morgan fingerprint density at radius 2 is 2.13 bits per heavy atom. The average molecular weight is 204 g/mol. The van der Waals surface area contributed by atoms with Gasteiger partial charge in [0.15, 0.2) is 0 Å². The van der Waals surface area contributed by atoms with Gasteiger partial charge in [-0.05, 0) is 30.0 Å². The van der Waals surface area contributed by atoms with Crippen molar-refractivity contribution in [1.29, 1.82) is 0 Å². The first-order valence-corrected chi connectivity index (χ1v) is 5.00. The quantitative estimate of drug-likeness (QED) is 0.775. The molecule has 0 aliphatic carbocycles. The molecule has 1 atom stereocenters. The van der Waals surface area contributed by atoms with Gasteiger partial charge in [-0.25, -0.2) is 0 Å². The second-order valence-corrected chi connectivity index (χ2v) is 4.28. The summed E-state index contributed by atoms with van der Waals surface area (Å²) in [5.74, 6) is 0. The van der Waals surface area contributed by atoms with E-state index in [1.54, 1.807) is 0 Å². The Hall–Kier alpha value is -1.32. The largest absolute Gasteiger partial charge is 0.394 e. The number of aromatic nitrogens is 1. The summed E-state index contributed by atoms with van der Waals surface area (Å²) in [5, 5.41) is 10.4. The lowest BCUT2D eigenvalue weighted by molar-refractivity contribution is 0.210. The molecule has 0 aliphatic heterocycles. The third kappa shape index (κ3) is 1.64. The van der Waals surface area contributed by atoms with Crippen LogP contribution in [0.3, 0.4) is 0 Å². The van der Waals surface area contributed by atoms with E-state index in [1.807, 2.05) is 42.9 Å². The molecule has 0 amide bonds. The SMILES string of the molecule is Cn1ccc2ccc(C(C)(N)CO)cc21. The molecule has 3 nitrogen and oxygen atoms in total. The van der Waals surface area contributed by atoms with Gasteiger partial charge in [0, 0.05) is 18.8 Å². The van der Waals surface area contributed by atoms with E-state index in [2.05, 4.69) is 6.07 Å². The second kappa shape index (κ2) is 3.36. The molecule has 0 fully saturated rings. The highest BCUT2D eigenvalue weighted by Gasteiger charge is 2.20. The van der Waals surface area contributed by atoms with Crippen LogP contribution in [0.5, 0.6) is 0 Å². The standard InChI is InChI=1S/C12H16N2O/c1-12(13,8-15)10-4-3-9-5-6-14(2)11(9)7-10/h3-7,15H,8,13H2,1-2H3. The van der Waals surface area contributed by atoms with Crippen LogP contribution in [-0.4, -0.2) is 16.3 Å². The smallest absolute Gasteiger partial charge is 0.0650 e. The van der Waals surface area contributed by atoms with E-state index in [4.69, 9.17) is 5.73 Å². The van der Waals surface area contributed by atoms with Gasteiger partial charge in [-0.1, -0.05) is 12.1 Å². The Labute approximate surface area is 89.1 Å². The Kier molecular flexibility index (Phi) is 2.29. The summed E-state index contributed by atoms with van der Waals surface area (Å²) >= 11 is 0. The molecule has 3 heteroatoms. The van der Waals surface area contributed by atoms with Crippen LogP contribution in [0.2, 0.25) is 0 Å². The Morgan fingerprint density at radius 1 is 1.40 bits per heavy atom. The van der Waals surface area contributed by atoms with Gasteiger partial charge in [-0.15, -0.1) is 0 Å². The highest BCUT2D eigenvalue weighted by atomic mass is 16.3. The van der Waals surface area contributed by atoms with Crippen LogP contribution in [0.1, 0.15) is 12.5 Å². The molecule has 0 spiro atoms. The minimum absolute atomic E-state index is 0.0526. The molecule has 2 aromatic rings. The maximum Gasteiger partial charge on any atom is 0.0650 e. The second-order valence-electron chi connectivity index (χ2n) is 4.28. The summed E-state index contributed by atoms with van der Waals surface area (Å²) in [4.78, 5) is 0. The van der Waals surface area contributed by atoms with Crippen molar-refractivity contribution in [2.45, 2.75) is 12.5 Å². The van der Waals surface area contributed by atoms with Crippen LogP contribution in [0.4, 0.5) is 0 Å². The summed E-state index contributed by atoms with van der Waals surface area (Å²) < 4.78 is 2.05. The normalized spacial score (nSPS) is 15.5. The zero-order valence-electron chi connectivity index (χ0n) is 9.07. The summed E-state index contributed by atoms with van der Waals surface area (Å²) in [7, 11) is 2.00. The molecule has 0 saturated carbocycles. The van der Waals surface area contributed by atoms with Crippen molar-refractivity contribution in [1.82, 2.24) is 4.57 Å². The zero-order valence-corrected chi connectivity index (χ0v) is 9.07. The molecular formula is C12H16N2O. The van der Waals surface area contributed by atoms with Crippen LogP contribution < -0.4 is 5.73 Å². The number of aliphatic hydroxyl groups excluding tert-OH is 1. The summed E-state index contributed by atoms with van der Waals surface area (Å²) in [6.07, 6.45) is 2.02. The predicted molar refractivity (Wildman–Crippen MR) is 61.5 cm³/mol. The highest BCUT2D eigenvalue weighted by molar-refractivity contribution is 5.81.